The first-order valence-electron chi connectivity index (χ1n) is 11.0. The van der Waals surface area contributed by atoms with Crippen molar-refractivity contribution < 1.29 is 23.0 Å². The van der Waals surface area contributed by atoms with E-state index in [-0.39, 0.29) is 17.7 Å². The number of methoxy groups -OCH3 is 1. The van der Waals surface area contributed by atoms with E-state index >= 15 is 0 Å². The summed E-state index contributed by atoms with van der Waals surface area (Å²) >= 11 is 0. The Bertz CT molecular complexity index is 1220. The first-order chi connectivity index (χ1) is 17.0. The van der Waals surface area contributed by atoms with Gasteiger partial charge in [0.25, 0.3) is 0 Å². The van der Waals surface area contributed by atoms with Crippen LogP contribution in [0.1, 0.15) is 32.6 Å². The number of carbonyl (C=O) groups is 1. The van der Waals surface area contributed by atoms with Gasteiger partial charge in [-0.2, -0.15) is 0 Å². The van der Waals surface area contributed by atoms with Crippen molar-refractivity contribution in [2.24, 2.45) is 0 Å². The lowest BCUT2D eigenvalue weighted by Gasteiger charge is -2.36. The van der Waals surface area contributed by atoms with Gasteiger partial charge < -0.3 is 9.47 Å². The third-order valence-electron chi connectivity index (χ3n) is 5.85. The van der Waals surface area contributed by atoms with Crippen molar-refractivity contribution in [2.75, 3.05) is 13.7 Å². The van der Waals surface area contributed by atoms with E-state index in [4.69, 9.17) is 4.74 Å². The molecule has 0 spiro atoms. The molecule has 0 aliphatic rings. The van der Waals surface area contributed by atoms with Crippen LogP contribution in [0.3, 0.4) is 0 Å². The van der Waals surface area contributed by atoms with E-state index in [0.717, 1.165) is 35.9 Å². The maximum Gasteiger partial charge on any atom is 0.340 e. The second-order valence-electron chi connectivity index (χ2n) is 7.97. The Morgan fingerprint density at radius 3 is 1.57 bits per heavy atom. The van der Waals surface area contributed by atoms with E-state index < -0.39 is 28.8 Å². The molecule has 35 heavy (non-hydrogen) atoms. The Labute approximate surface area is 203 Å². The normalized spacial score (nSPS) is 11.2. The highest BCUT2D eigenvalue weighted by atomic mass is 19.1. The number of hydrogen-bond acceptors (Lipinski definition) is 3. The van der Waals surface area contributed by atoms with Crippen molar-refractivity contribution >= 4 is 11.5 Å². The molecule has 176 valence electrons. The first-order valence-corrected chi connectivity index (χ1v) is 11.0. The van der Waals surface area contributed by atoms with Crippen molar-refractivity contribution in [1.82, 2.24) is 0 Å². The fraction of sp³-hybridized carbons (Fsp3) is 0.100. The van der Waals surface area contributed by atoms with Crippen LogP contribution in [-0.2, 0) is 15.1 Å². The molecule has 0 saturated heterocycles. The Morgan fingerprint density at radius 2 is 1.14 bits per heavy atom. The van der Waals surface area contributed by atoms with E-state index in [1.165, 1.54) is 0 Å². The number of esters is 1. The molecule has 0 N–H and O–H groups in total. The molecular formula is C30H24F2O3. The van der Waals surface area contributed by atoms with E-state index in [1.807, 2.05) is 91.0 Å². The van der Waals surface area contributed by atoms with Crippen LogP contribution in [-0.4, -0.2) is 19.7 Å². The van der Waals surface area contributed by atoms with Crippen molar-refractivity contribution in [3.05, 3.63) is 149 Å². The van der Waals surface area contributed by atoms with Crippen LogP contribution in [0.4, 0.5) is 8.78 Å². The second kappa shape index (κ2) is 10.5. The Balaban J connectivity index is 1.78. The van der Waals surface area contributed by atoms with Crippen LogP contribution < -0.4 is 0 Å². The smallest absolute Gasteiger partial charge is 0.340 e. The summed E-state index contributed by atoms with van der Waals surface area (Å²) in [5.41, 5.74) is 1.26. The standard InChI is InChI=1S/C30H24F2O3/c1-21(25-18-28(32)26(19-27(25)31)29(33)34-2)20-35-30(22-12-6-3-7-13-22,23-14-8-4-9-15-23)24-16-10-5-11-17-24/h3-19H,1,20H2,2H3. The predicted molar refractivity (Wildman–Crippen MR) is 132 cm³/mol. The molecule has 0 aromatic heterocycles. The number of carbonyl (C=O) groups excluding carboxylic acids is 1. The van der Waals surface area contributed by atoms with Gasteiger partial charge in [-0.25, -0.2) is 13.6 Å². The average molecular weight is 471 g/mol. The van der Waals surface area contributed by atoms with Gasteiger partial charge in [0, 0.05) is 5.56 Å². The van der Waals surface area contributed by atoms with Gasteiger partial charge in [0.15, 0.2) is 0 Å². The summed E-state index contributed by atoms with van der Waals surface area (Å²) in [6.45, 7) is 3.85. The zero-order valence-corrected chi connectivity index (χ0v) is 19.2. The maximum absolute atomic E-state index is 14.9. The minimum absolute atomic E-state index is 0.0711. The summed E-state index contributed by atoms with van der Waals surface area (Å²) in [4.78, 5) is 11.7. The quantitative estimate of drug-likeness (QED) is 0.211. The van der Waals surface area contributed by atoms with Crippen molar-refractivity contribution in [3.63, 3.8) is 0 Å². The van der Waals surface area contributed by atoms with E-state index in [1.54, 1.807) is 0 Å². The van der Waals surface area contributed by atoms with Gasteiger partial charge in [-0.05, 0) is 34.4 Å². The van der Waals surface area contributed by atoms with Crippen LogP contribution >= 0.6 is 0 Å². The molecule has 0 radical (unpaired) electrons. The molecule has 0 heterocycles. The highest BCUT2D eigenvalue weighted by Gasteiger charge is 2.37. The lowest BCUT2D eigenvalue weighted by Crippen LogP contribution is -2.33. The molecule has 0 saturated carbocycles. The second-order valence-corrected chi connectivity index (χ2v) is 7.97. The molecule has 4 rings (SSSR count). The number of hydrogen-bond donors (Lipinski definition) is 0. The Kier molecular flexibility index (Phi) is 7.18. The molecule has 0 fully saturated rings. The zero-order valence-electron chi connectivity index (χ0n) is 19.2. The molecular weight excluding hydrogens is 446 g/mol. The van der Waals surface area contributed by atoms with Gasteiger partial charge in [0.2, 0.25) is 0 Å². The van der Waals surface area contributed by atoms with Crippen molar-refractivity contribution in [2.45, 2.75) is 5.60 Å². The summed E-state index contributed by atoms with van der Waals surface area (Å²) in [6, 6.07) is 30.9. The van der Waals surface area contributed by atoms with Crippen LogP contribution in [0, 0.1) is 11.6 Å². The lowest BCUT2D eigenvalue weighted by molar-refractivity contribution is 0.0355. The van der Waals surface area contributed by atoms with Crippen molar-refractivity contribution in [1.29, 1.82) is 0 Å². The van der Waals surface area contributed by atoms with Crippen LogP contribution in [0.25, 0.3) is 5.57 Å². The molecule has 0 amide bonds. The lowest BCUT2D eigenvalue weighted by atomic mass is 9.80. The third kappa shape index (κ3) is 4.77. The predicted octanol–water partition coefficient (Wildman–Crippen LogP) is 6.77. The molecule has 3 nitrogen and oxygen atoms in total. The van der Waals surface area contributed by atoms with Gasteiger partial charge >= 0.3 is 5.97 Å². The number of rotatable bonds is 8. The summed E-state index contributed by atoms with van der Waals surface area (Å²) in [5.74, 6) is -2.63. The molecule has 0 aliphatic heterocycles. The SMILES string of the molecule is C=C(COC(c1ccccc1)(c1ccccc1)c1ccccc1)c1cc(F)c(C(=O)OC)cc1F. The maximum atomic E-state index is 14.9. The summed E-state index contributed by atoms with van der Waals surface area (Å²) in [5, 5.41) is 0. The summed E-state index contributed by atoms with van der Waals surface area (Å²) in [7, 11) is 1.11. The minimum atomic E-state index is -1.03. The highest BCUT2D eigenvalue weighted by Crippen LogP contribution is 2.41. The van der Waals surface area contributed by atoms with Gasteiger partial charge in [0.1, 0.15) is 17.2 Å². The highest BCUT2D eigenvalue weighted by molar-refractivity contribution is 5.90. The number of ether oxygens (including phenoxy) is 2. The molecule has 0 unspecified atom stereocenters. The third-order valence-corrected chi connectivity index (χ3v) is 5.85. The topological polar surface area (TPSA) is 35.5 Å². The summed E-state index contributed by atoms with van der Waals surface area (Å²) < 4.78 is 40.6. The molecule has 0 bridgehead atoms. The largest absolute Gasteiger partial charge is 0.465 e. The molecule has 0 atom stereocenters. The van der Waals surface area contributed by atoms with E-state index in [0.29, 0.717) is 0 Å². The van der Waals surface area contributed by atoms with Gasteiger partial charge in [-0.1, -0.05) is 97.6 Å². The molecule has 4 aromatic rings. The van der Waals surface area contributed by atoms with Gasteiger partial charge in [-0.3, -0.25) is 0 Å². The average Bonchev–Trinajstić information content (AvgIpc) is 2.91. The Morgan fingerprint density at radius 1 is 0.743 bits per heavy atom. The van der Waals surface area contributed by atoms with Gasteiger partial charge in [0.05, 0.1) is 19.3 Å². The number of halogens is 2. The molecule has 5 heteroatoms. The summed E-state index contributed by atoms with van der Waals surface area (Å²) in [6.07, 6.45) is 0. The fourth-order valence-electron chi connectivity index (χ4n) is 4.13. The first kappa shape index (κ1) is 24.0. The van der Waals surface area contributed by atoms with Gasteiger partial charge in [-0.15, -0.1) is 0 Å². The molecule has 4 aromatic carbocycles. The Hall–Kier alpha value is -4.09. The van der Waals surface area contributed by atoms with E-state index in [2.05, 4.69) is 11.3 Å². The monoisotopic (exact) mass is 470 g/mol. The fourth-order valence-corrected chi connectivity index (χ4v) is 4.13. The molecule has 0 aliphatic carbocycles. The van der Waals surface area contributed by atoms with E-state index in [9.17, 15) is 13.6 Å². The zero-order chi connectivity index (χ0) is 24.8. The van der Waals surface area contributed by atoms with Crippen molar-refractivity contribution in [3.8, 4) is 0 Å². The van der Waals surface area contributed by atoms with Crippen LogP contribution in [0.15, 0.2) is 110 Å². The minimum Gasteiger partial charge on any atom is -0.465 e. The number of benzene rings is 4. The van der Waals surface area contributed by atoms with Crippen LogP contribution in [0.2, 0.25) is 0 Å². The van der Waals surface area contributed by atoms with Crippen LogP contribution in [0.5, 0.6) is 0 Å².